The van der Waals surface area contributed by atoms with Gasteiger partial charge < -0.3 is 9.84 Å². The summed E-state index contributed by atoms with van der Waals surface area (Å²) in [5, 5.41) is 8.76. The molecule has 116 valence electrons. The third kappa shape index (κ3) is 9.33. The first-order chi connectivity index (χ1) is 9.88. The Hall–Kier alpha value is -0.600. The van der Waals surface area contributed by atoms with Crippen molar-refractivity contribution in [3.05, 3.63) is 24.3 Å². The Morgan fingerprint density at radius 2 is 1.65 bits per heavy atom. The van der Waals surface area contributed by atoms with Crippen LogP contribution in [0.15, 0.2) is 24.3 Å². The number of allylic oxidation sites excluding steroid dienone is 3. The Morgan fingerprint density at radius 1 is 0.900 bits per heavy atom. The fourth-order valence-electron chi connectivity index (χ4n) is 2.43. The zero-order valence-electron chi connectivity index (χ0n) is 13.1. The second kappa shape index (κ2) is 12.2. The molecular formula is C18H32O2. The molecule has 0 spiro atoms. The second-order valence-corrected chi connectivity index (χ2v) is 5.70. The number of rotatable bonds is 13. The van der Waals surface area contributed by atoms with Crippen molar-refractivity contribution in [3.8, 4) is 0 Å². The van der Waals surface area contributed by atoms with Crippen molar-refractivity contribution >= 4 is 0 Å². The topological polar surface area (TPSA) is 32.8 Å². The SMILES string of the molecule is CCCCCCCC/C=C\C/C=C\C[C@H]1O[C@H]1CCO. The number of hydrogen-bond donors (Lipinski definition) is 1. The fourth-order valence-corrected chi connectivity index (χ4v) is 2.43. The first-order valence-corrected chi connectivity index (χ1v) is 8.44. The van der Waals surface area contributed by atoms with Crippen molar-refractivity contribution in [1.82, 2.24) is 0 Å². The standard InChI is InChI=1S/C18H32O2/c1-2-3-4-5-6-7-8-9-10-11-12-13-14-17-18(20-17)15-16-19/h9-10,12-13,17-19H,2-8,11,14-16H2,1H3/b10-9-,13-12-/t17-,18+/m1/s1. The van der Waals surface area contributed by atoms with Crippen LogP contribution < -0.4 is 0 Å². The van der Waals surface area contributed by atoms with E-state index in [1.54, 1.807) is 0 Å². The summed E-state index contributed by atoms with van der Waals surface area (Å²) in [5.74, 6) is 0. The quantitative estimate of drug-likeness (QED) is 0.299. The highest BCUT2D eigenvalue weighted by Gasteiger charge is 2.36. The van der Waals surface area contributed by atoms with E-state index in [9.17, 15) is 0 Å². The van der Waals surface area contributed by atoms with Gasteiger partial charge in [-0.2, -0.15) is 0 Å². The molecule has 0 amide bonds. The summed E-state index contributed by atoms with van der Waals surface area (Å²) in [6, 6.07) is 0. The lowest BCUT2D eigenvalue weighted by Gasteiger charge is -1.97. The van der Waals surface area contributed by atoms with Crippen LogP contribution in [0.25, 0.3) is 0 Å². The van der Waals surface area contributed by atoms with Crippen molar-refractivity contribution in [2.45, 2.75) is 83.3 Å². The van der Waals surface area contributed by atoms with Crippen molar-refractivity contribution in [2.24, 2.45) is 0 Å². The molecule has 0 unspecified atom stereocenters. The normalized spacial score (nSPS) is 22.1. The van der Waals surface area contributed by atoms with Crippen LogP contribution in [-0.2, 0) is 4.74 Å². The predicted molar refractivity (Wildman–Crippen MR) is 85.9 cm³/mol. The van der Waals surface area contributed by atoms with E-state index in [0.29, 0.717) is 12.2 Å². The Labute approximate surface area is 124 Å². The molecule has 0 bridgehead atoms. The molecule has 0 saturated carbocycles. The van der Waals surface area contributed by atoms with E-state index in [4.69, 9.17) is 9.84 Å². The van der Waals surface area contributed by atoms with Crippen LogP contribution in [0, 0.1) is 0 Å². The number of unbranched alkanes of at least 4 members (excludes halogenated alkanes) is 6. The molecule has 2 atom stereocenters. The van der Waals surface area contributed by atoms with Crippen molar-refractivity contribution in [3.63, 3.8) is 0 Å². The van der Waals surface area contributed by atoms with Crippen molar-refractivity contribution in [1.29, 1.82) is 0 Å². The molecule has 0 aromatic rings. The summed E-state index contributed by atoms with van der Waals surface area (Å²) in [4.78, 5) is 0. The average molecular weight is 280 g/mol. The van der Waals surface area contributed by atoms with E-state index in [1.807, 2.05) is 0 Å². The van der Waals surface area contributed by atoms with Gasteiger partial charge in [-0.25, -0.2) is 0 Å². The van der Waals surface area contributed by atoms with Crippen LogP contribution in [-0.4, -0.2) is 23.9 Å². The lowest BCUT2D eigenvalue weighted by molar-refractivity contribution is 0.262. The van der Waals surface area contributed by atoms with Crippen LogP contribution in [0.5, 0.6) is 0 Å². The zero-order chi connectivity index (χ0) is 14.5. The van der Waals surface area contributed by atoms with Crippen LogP contribution in [0.4, 0.5) is 0 Å². The summed E-state index contributed by atoms with van der Waals surface area (Å²) in [6.07, 6.45) is 22.0. The lowest BCUT2D eigenvalue weighted by atomic mass is 10.1. The van der Waals surface area contributed by atoms with E-state index in [0.717, 1.165) is 19.3 Å². The fraction of sp³-hybridized carbons (Fsp3) is 0.778. The van der Waals surface area contributed by atoms with E-state index in [1.165, 1.54) is 44.9 Å². The monoisotopic (exact) mass is 280 g/mol. The molecule has 1 saturated heterocycles. The molecule has 1 fully saturated rings. The third-order valence-corrected chi connectivity index (χ3v) is 3.80. The van der Waals surface area contributed by atoms with Gasteiger partial charge in [-0.3, -0.25) is 0 Å². The first-order valence-electron chi connectivity index (χ1n) is 8.44. The van der Waals surface area contributed by atoms with Crippen LogP contribution in [0.1, 0.15) is 71.1 Å². The smallest absolute Gasteiger partial charge is 0.0877 e. The van der Waals surface area contributed by atoms with E-state index < -0.39 is 0 Å². The maximum Gasteiger partial charge on any atom is 0.0877 e. The van der Waals surface area contributed by atoms with Gasteiger partial charge in [0.05, 0.1) is 12.2 Å². The number of epoxide rings is 1. The lowest BCUT2D eigenvalue weighted by Crippen LogP contribution is -1.95. The van der Waals surface area contributed by atoms with E-state index in [-0.39, 0.29) is 6.61 Å². The van der Waals surface area contributed by atoms with Gasteiger partial charge in [0.1, 0.15) is 0 Å². The van der Waals surface area contributed by atoms with Crippen LogP contribution >= 0.6 is 0 Å². The minimum atomic E-state index is 0.242. The minimum absolute atomic E-state index is 0.242. The highest BCUT2D eigenvalue weighted by Crippen LogP contribution is 2.28. The molecule has 1 rings (SSSR count). The molecule has 0 radical (unpaired) electrons. The molecule has 1 aliphatic rings. The molecule has 20 heavy (non-hydrogen) atoms. The summed E-state index contributed by atoms with van der Waals surface area (Å²) in [7, 11) is 0. The van der Waals surface area contributed by atoms with E-state index >= 15 is 0 Å². The molecule has 0 aliphatic carbocycles. The van der Waals surface area contributed by atoms with Gasteiger partial charge in [0.2, 0.25) is 0 Å². The second-order valence-electron chi connectivity index (χ2n) is 5.70. The van der Waals surface area contributed by atoms with Gasteiger partial charge in [-0.05, 0) is 32.1 Å². The summed E-state index contributed by atoms with van der Waals surface area (Å²) >= 11 is 0. The molecule has 1 aliphatic heterocycles. The van der Waals surface area contributed by atoms with Gasteiger partial charge in [-0.15, -0.1) is 0 Å². The molecule has 2 nitrogen and oxygen atoms in total. The number of aliphatic hydroxyl groups excluding tert-OH is 1. The van der Waals surface area contributed by atoms with Gasteiger partial charge in [0.25, 0.3) is 0 Å². The molecule has 1 N–H and O–H groups in total. The minimum Gasteiger partial charge on any atom is -0.396 e. The van der Waals surface area contributed by atoms with Crippen LogP contribution in [0.3, 0.4) is 0 Å². The molecule has 1 heterocycles. The highest BCUT2D eigenvalue weighted by molar-refractivity contribution is 4.97. The summed E-state index contributed by atoms with van der Waals surface area (Å²) in [5.41, 5.74) is 0. The van der Waals surface area contributed by atoms with Crippen molar-refractivity contribution < 1.29 is 9.84 Å². The number of ether oxygens (including phenoxy) is 1. The highest BCUT2D eigenvalue weighted by atomic mass is 16.6. The first kappa shape index (κ1) is 17.5. The van der Waals surface area contributed by atoms with Crippen molar-refractivity contribution in [2.75, 3.05) is 6.61 Å². The van der Waals surface area contributed by atoms with Gasteiger partial charge in [0, 0.05) is 6.61 Å². The summed E-state index contributed by atoms with van der Waals surface area (Å²) < 4.78 is 5.43. The molecule has 2 heteroatoms. The molecule has 0 aromatic heterocycles. The summed E-state index contributed by atoms with van der Waals surface area (Å²) in [6.45, 7) is 2.50. The maximum absolute atomic E-state index is 8.76. The number of aliphatic hydroxyl groups is 1. The average Bonchev–Trinajstić information content (AvgIpc) is 3.19. The van der Waals surface area contributed by atoms with Crippen LogP contribution in [0.2, 0.25) is 0 Å². The number of hydrogen-bond acceptors (Lipinski definition) is 2. The zero-order valence-corrected chi connectivity index (χ0v) is 13.1. The maximum atomic E-state index is 8.76. The predicted octanol–water partition coefficient (Wildman–Crippen LogP) is 4.78. The molecule has 0 aromatic carbocycles. The third-order valence-electron chi connectivity index (χ3n) is 3.80. The largest absolute Gasteiger partial charge is 0.396 e. The van der Waals surface area contributed by atoms with Gasteiger partial charge >= 0.3 is 0 Å². The Kier molecular flexibility index (Phi) is 10.6. The van der Waals surface area contributed by atoms with Gasteiger partial charge in [-0.1, -0.05) is 63.3 Å². The Balaban J connectivity index is 1.82. The Morgan fingerprint density at radius 3 is 2.45 bits per heavy atom. The van der Waals surface area contributed by atoms with Gasteiger partial charge in [0.15, 0.2) is 0 Å². The molecular weight excluding hydrogens is 248 g/mol. The Bertz CT molecular complexity index is 271. The van der Waals surface area contributed by atoms with E-state index in [2.05, 4.69) is 31.2 Å².